The van der Waals surface area contributed by atoms with Crippen LogP contribution in [0.4, 0.5) is 10.9 Å². The number of hydrogen-bond donors (Lipinski definition) is 2. The monoisotopic (exact) mass is 350 g/mol. The Morgan fingerprint density at radius 2 is 2.00 bits per heavy atom. The van der Waals surface area contributed by atoms with Crippen LogP contribution in [0.25, 0.3) is 10.4 Å². The van der Waals surface area contributed by atoms with Crippen LogP contribution in [0.1, 0.15) is 24.8 Å². The quantitative estimate of drug-likeness (QED) is 0.680. The van der Waals surface area contributed by atoms with Gasteiger partial charge in [-0.25, -0.2) is 9.97 Å². The number of benzene rings is 1. The second-order valence-electron chi connectivity index (χ2n) is 6.40. The van der Waals surface area contributed by atoms with Crippen molar-refractivity contribution in [3.63, 3.8) is 0 Å². The van der Waals surface area contributed by atoms with Gasteiger partial charge in [0.2, 0.25) is 0 Å². The maximum atomic E-state index is 4.54. The number of anilines is 2. The smallest absolute Gasteiger partial charge is 0.188 e. The molecule has 1 aromatic carbocycles. The van der Waals surface area contributed by atoms with Crippen molar-refractivity contribution < 1.29 is 0 Å². The summed E-state index contributed by atoms with van der Waals surface area (Å²) in [6.45, 7) is 1.17. The Morgan fingerprint density at radius 1 is 1.08 bits per heavy atom. The molecule has 0 radical (unpaired) electrons. The molecule has 4 nitrogen and oxygen atoms in total. The average molecular weight is 350 g/mol. The molecule has 1 aliphatic heterocycles. The van der Waals surface area contributed by atoms with Crippen molar-refractivity contribution >= 4 is 22.3 Å². The lowest BCUT2D eigenvalue weighted by atomic mass is 10.1. The van der Waals surface area contributed by atoms with Crippen LogP contribution >= 0.6 is 11.3 Å². The number of hydrogen-bond acceptors (Lipinski definition) is 5. The minimum absolute atomic E-state index is 0.685. The van der Waals surface area contributed by atoms with E-state index >= 15 is 0 Å². The number of rotatable bonds is 6. The SMILES string of the molecule is c1ccc(-c2cnc(Nc3ccc(CC[C@@H]4CCCN4)cn3)s2)cc1. The molecule has 1 atom stereocenters. The Bertz CT molecular complexity index is 792. The predicted molar refractivity (Wildman–Crippen MR) is 104 cm³/mol. The van der Waals surface area contributed by atoms with Crippen molar-refractivity contribution in [1.29, 1.82) is 0 Å². The van der Waals surface area contributed by atoms with E-state index in [1.54, 1.807) is 11.3 Å². The Kier molecular flexibility index (Phi) is 5.04. The normalized spacial score (nSPS) is 16.9. The van der Waals surface area contributed by atoms with E-state index in [0.29, 0.717) is 6.04 Å². The fourth-order valence-corrected chi connectivity index (χ4v) is 4.00. The molecule has 2 aromatic heterocycles. The van der Waals surface area contributed by atoms with Crippen LogP contribution in [0.5, 0.6) is 0 Å². The Labute approximate surface area is 152 Å². The highest BCUT2D eigenvalue weighted by molar-refractivity contribution is 7.18. The molecule has 1 fully saturated rings. The van der Waals surface area contributed by atoms with Crippen molar-refractivity contribution in [2.75, 3.05) is 11.9 Å². The van der Waals surface area contributed by atoms with E-state index in [9.17, 15) is 0 Å². The topological polar surface area (TPSA) is 49.8 Å². The lowest BCUT2D eigenvalue weighted by Gasteiger charge is -2.09. The number of aryl methyl sites for hydroxylation is 1. The molecular formula is C20H22N4S. The molecule has 0 spiro atoms. The first-order valence-corrected chi connectivity index (χ1v) is 9.65. The summed E-state index contributed by atoms with van der Waals surface area (Å²) in [5, 5.41) is 7.72. The van der Waals surface area contributed by atoms with Crippen LogP contribution < -0.4 is 10.6 Å². The summed E-state index contributed by atoms with van der Waals surface area (Å²) >= 11 is 1.64. The fourth-order valence-electron chi connectivity index (χ4n) is 3.17. The van der Waals surface area contributed by atoms with Gasteiger partial charge in [0.25, 0.3) is 0 Å². The standard InChI is InChI=1S/C20H22N4S/c1-2-5-16(6-3-1)18-14-23-20(25-18)24-19-11-9-15(13-22-19)8-10-17-7-4-12-21-17/h1-3,5-6,9,11,13-14,17,21H,4,7-8,10,12H2,(H,22,23,24)/t17-/m0/s1. The van der Waals surface area contributed by atoms with Crippen LogP contribution in [0, 0.1) is 0 Å². The molecule has 0 amide bonds. The number of nitrogens with zero attached hydrogens (tertiary/aromatic N) is 2. The maximum absolute atomic E-state index is 4.54. The van der Waals surface area contributed by atoms with E-state index in [4.69, 9.17) is 0 Å². The molecule has 2 N–H and O–H groups in total. The van der Waals surface area contributed by atoms with E-state index in [2.05, 4.69) is 38.8 Å². The Morgan fingerprint density at radius 3 is 2.76 bits per heavy atom. The molecule has 1 aliphatic rings. The van der Waals surface area contributed by atoms with Crippen LogP contribution in [0.3, 0.4) is 0 Å². The summed E-state index contributed by atoms with van der Waals surface area (Å²) in [4.78, 5) is 10.2. The second-order valence-corrected chi connectivity index (χ2v) is 7.43. The molecule has 25 heavy (non-hydrogen) atoms. The highest BCUT2D eigenvalue weighted by Crippen LogP contribution is 2.30. The highest BCUT2D eigenvalue weighted by atomic mass is 32.1. The van der Waals surface area contributed by atoms with E-state index in [1.807, 2.05) is 36.7 Å². The fraction of sp³-hybridized carbons (Fsp3) is 0.300. The van der Waals surface area contributed by atoms with Gasteiger partial charge in [-0.3, -0.25) is 0 Å². The lowest BCUT2D eigenvalue weighted by Crippen LogP contribution is -2.21. The first-order chi connectivity index (χ1) is 12.4. The van der Waals surface area contributed by atoms with Crippen LogP contribution in [-0.4, -0.2) is 22.6 Å². The molecule has 128 valence electrons. The zero-order valence-corrected chi connectivity index (χ0v) is 14.9. The Hall–Kier alpha value is -2.24. The minimum atomic E-state index is 0.685. The molecule has 4 rings (SSSR count). The van der Waals surface area contributed by atoms with E-state index < -0.39 is 0 Å². The molecule has 0 bridgehead atoms. The van der Waals surface area contributed by atoms with Gasteiger partial charge >= 0.3 is 0 Å². The first kappa shape index (κ1) is 16.2. The van der Waals surface area contributed by atoms with Gasteiger partial charge in [-0.1, -0.05) is 47.7 Å². The molecule has 5 heteroatoms. The maximum Gasteiger partial charge on any atom is 0.188 e. The lowest BCUT2D eigenvalue weighted by molar-refractivity contribution is 0.559. The van der Waals surface area contributed by atoms with E-state index in [1.165, 1.54) is 36.9 Å². The predicted octanol–water partition coefficient (Wildman–Crippen LogP) is 4.63. The summed E-state index contributed by atoms with van der Waals surface area (Å²) in [6, 6.07) is 15.2. The second kappa shape index (κ2) is 7.76. The molecule has 3 aromatic rings. The highest BCUT2D eigenvalue weighted by Gasteiger charge is 2.13. The van der Waals surface area contributed by atoms with Gasteiger partial charge in [-0.2, -0.15) is 0 Å². The van der Waals surface area contributed by atoms with Gasteiger partial charge in [0.1, 0.15) is 5.82 Å². The van der Waals surface area contributed by atoms with Crippen LogP contribution in [0.2, 0.25) is 0 Å². The first-order valence-electron chi connectivity index (χ1n) is 8.83. The molecule has 0 aliphatic carbocycles. The van der Waals surface area contributed by atoms with Crippen LogP contribution in [0.15, 0.2) is 54.9 Å². The molecule has 0 saturated carbocycles. The van der Waals surface area contributed by atoms with Crippen LogP contribution in [-0.2, 0) is 6.42 Å². The van der Waals surface area contributed by atoms with Gasteiger partial charge in [-0.05, 0) is 49.4 Å². The van der Waals surface area contributed by atoms with E-state index in [0.717, 1.165) is 22.2 Å². The summed E-state index contributed by atoms with van der Waals surface area (Å²) in [7, 11) is 0. The third-order valence-electron chi connectivity index (χ3n) is 4.57. The zero-order valence-electron chi connectivity index (χ0n) is 14.1. The Balaban J connectivity index is 1.35. The van der Waals surface area contributed by atoms with E-state index in [-0.39, 0.29) is 0 Å². The van der Waals surface area contributed by atoms with Crippen molar-refractivity contribution in [1.82, 2.24) is 15.3 Å². The third kappa shape index (κ3) is 4.24. The summed E-state index contributed by atoms with van der Waals surface area (Å²) in [6.07, 6.45) is 8.78. The third-order valence-corrected chi connectivity index (χ3v) is 5.53. The van der Waals surface area contributed by atoms with Crippen molar-refractivity contribution in [2.45, 2.75) is 31.7 Å². The van der Waals surface area contributed by atoms with Crippen molar-refractivity contribution in [3.8, 4) is 10.4 Å². The minimum Gasteiger partial charge on any atom is -0.316 e. The number of aromatic nitrogens is 2. The largest absolute Gasteiger partial charge is 0.316 e. The molecule has 3 heterocycles. The summed E-state index contributed by atoms with van der Waals surface area (Å²) in [5.41, 5.74) is 2.49. The summed E-state index contributed by atoms with van der Waals surface area (Å²) in [5.74, 6) is 0.844. The average Bonchev–Trinajstić information content (AvgIpc) is 3.34. The molecule has 1 saturated heterocycles. The van der Waals surface area contributed by atoms with Crippen molar-refractivity contribution in [3.05, 3.63) is 60.4 Å². The molecule has 0 unspecified atom stereocenters. The van der Waals surface area contributed by atoms with Gasteiger partial charge < -0.3 is 10.6 Å². The van der Waals surface area contributed by atoms with Gasteiger partial charge in [0.15, 0.2) is 5.13 Å². The van der Waals surface area contributed by atoms with Gasteiger partial charge in [0.05, 0.1) is 4.88 Å². The van der Waals surface area contributed by atoms with Gasteiger partial charge in [-0.15, -0.1) is 0 Å². The molecular weight excluding hydrogens is 328 g/mol. The number of pyridine rings is 1. The van der Waals surface area contributed by atoms with Gasteiger partial charge in [0, 0.05) is 18.4 Å². The summed E-state index contributed by atoms with van der Waals surface area (Å²) < 4.78 is 0. The number of nitrogens with one attached hydrogen (secondary N) is 2. The van der Waals surface area contributed by atoms with Crippen molar-refractivity contribution in [2.24, 2.45) is 0 Å². The number of thiazole rings is 1. The zero-order chi connectivity index (χ0) is 16.9.